The van der Waals surface area contributed by atoms with Gasteiger partial charge >= 0.3 is 0 Å². The van der Waals surface area contributed by atoms with Crippen LogP contribution in [0.5, 0.6) is 0 Å². The number of nitro groups is 1. The highest BCUT2D eigenvalue weighted by Crippen LogP contribution is 2.13. The molecule has 1 N–H and O–H groups in total. The summed E-state index contributed by atoms with van der Waals surface area (Å²) < 4.78 is 0. The van der Waals surface area contributed by atoms with E-state index in [0.717, 1.165) is 0 Å². The molecule has 0 spiro atoms. The molecule has 2 aromatic rings. The second-order valence-corrected chi connectivity index (χ2v) is 4.69. The van der Waals surface area contributed by atoms with Crippen LogP contribution in [0.2, 0.25) is 0 Å². The van der Waals surface area contributed by atoms with Gasteiger partial charge in [-0.3, -0.25) is 19.7 Å². The fourth-order valence-corrected chi connectivity index (χ4v) is 1.87. The number of nitrogens with one attached hydrogen (secondary N) is 1. The first-order valence-corrected chi connectivity index (χ1v) is 6.85. The van der Waals surface area contributed by atoms with E-state index in [-0.39, 0.29) is 18.0 Å². The van der Waals surface area contributed by atoms with Gasteiger partial charge < -0.3 is 5.32 Å². The normalized spacial score (nSPS) is 10.4. The molecule has 23 heavy (non-hydrogen) atoms. The van der Waals surface area contributed by atoms with Crippen LogP contribution < -0.4 is 5.32 Å². The van der Waals surface area contributed by atoms with Crippen LogP contribution in [0.4, 0.5) is 5.69 Å². The molecule has 0 radical (unpaired) electrons. The summed E-state index contributed by atoms with van der Waals surface area (Å²) in [6.45, 7) is -0.109. The summed E-state index contributed by atoms with van der Waals surface area (Å²) in [4.78, 5) is 33.7. The summed E-state index contributed by atoms with van der Waals surface area (Å²) in [6, 6.07) is 14.6. The van der Waals surface area contributed by atoms with Crippen molar-refractivity contribution in [3.05, 3.63) is 81.9 Å². The fourth-order valence-electron chi connectivity index (χ4n) is 1.87. The number of nitro benzene ring substituents is 1. The molecule has 6 nitrogen and oxygen atoms in total. The summed E-state index contributed by atoms with van der Waals surface area (Å²) >= 11 is 0. The lowest BCUT2D eigenvalue weighted by Gasteiger charge is -2.01. The van der Waals surface area contributed by atoms with Crippen LogP contribution in [-0.2, 0) is 4.79 Å². The van der Waals surface area contributed by atoms with Crippen LogP contribution in [0.15, 0.2) is 60.7 Å². The zero-order chi connectivity index (χ0) is 16.7. The minimum Gasteiger partial charge on any atom is -0.345 e. The number of rotatable bonds is 6. The number of hydrogen-bond donors (Lipinski definition) is 1. The van der Waals surface area contributed by atoms with Crippen molar-refractivity contribution in [2.24, 2.45) is 0 Å². The van der Waals surface area contributed by atoms with Crippen molar-refractivity contribution in [2.45, 2.75) is 0 Å². The van der Waals surface area contributed by atoms with Crippen LogP contribution in [0.25, 0.3) is 6.08 Å². The minimum absolute atomic E-state index is 0.0492. The Morgan fingerprint density at radius 1 is 1.09 bits per heavy atom. The van der Waals surface area contributed by atoms with Crippen molar-refractivity contribution in [1.29, 1.82) is 0 Å². The number of nitrogens with zero attached hydrogens (tertiary/aromatic N) is 1. The van der Waals surface area contributed by atoms with Crippen LogP contribution in [0.1, 0.15) is 15.9 Å². The largest absolute Gasteiger partial charge is 0.345 e. The number of amides is 1. The minimum atomic E-state index is -0.504. The molecule has 0 atom stereocenters. The molecule has 0 aliphatic rings. The molecule has 2 aromatic carbocycles. The average Bonchev–Trinajstić information content (AvgIpc) is 2.58. The maximum absolute atomic E-state index is 11.8. The SMILES string of the molecule is O=C(/C=C\c1cccc([N+](=O)[O-])c1)NCC(=O)c1ccccc1. The van der Waals surface area contributed by atoms with Gasteiger partial charge in [0.05, 0.1) is 11.5 Å². The number of benzene rings is 2. The molecule has 0 aliphatic carbocycles. The quantitative estimate of drug-likeness (QED) is 0.384. The van der Waals surface area contributed by atoms with Gasteiger partial charge in [0.1, 0.15) is 0 Å². The van der Waals surface area contributed by atoms with E-state index in [4.69, 9.17) is 0 Å². The van der Waals surface area contributed by atoms with E-state index in [1.807, 2.05) is 0 Å². The number of hydrogen-bond acceptors (Lipinski definition) is 4. The Morgan fingerprint density at radius 3 is 2.52 bits per heavy atom. The maximum Gasteiger partial charge on any atom is 0.270 e. The Labute approximate surface area is 132 Å². The topological polar surface area (TPSA) is 89.3 Å². The molecule has 0 heterocycles. The van der Waals surface area contributed by atoms with E-state index in [0.29, 0.717) is 11.1 Å². The molecule has 0 fully saturated rings. The van der Waals surface area contributed by atoms with E-state index in [9.17, 15) is 19.7 Å². The van der Waals surface area contributed by atoms with Crippen molar-refractivity contribution >= 4 is 23.5 Å². The first kappa shape index (κ1) is 16.1. The van der Waals surface area contributed by atoms with E-state index < -0.39 is 10.8 Å². The van der Waals surface area contributed by atoms with Gasteiger partial charge in [-0.25, -0.2) is 0 Å². The number of carbonyl (C=O) groups excluding carboxylic acids is 2. The van der Waals surface area contributed by atoms with Crippen molar-refractivity contribution in [3.63, 3.8) is 0 Å². The van der Waals surface area contributed by atoms with Crippen LogP contribution in [-0.4, -0.2) is 23.2 Å². The van der Waals surface area contributed by atoms with Crippen molar-refractivity contribution in [3.8, 4) is 0 Å². The van der Waals surface area contributed by atoms with E-state index >= 15 is 0 Å². The van der Waals surface area contributed by atoms with Gasteiger partial charge in [0.2, 0.25) is 5.91 Å². The Bertz CT molecular complexity index is 754. The fraction of sp³-hybridized carbons (Fsp3) is 0.0588. The summed E-state index contributed by atoms with van der Waals surface area (Å²) in [7, 11) is 0. The van der Waals surface area contributed by atoms with Gasteiger partial charge in [-0.2, -0.15) is 0 Å². The predicted octanol–water partition coefficient (Wildman–Crippen LogP) is 2.61. The molecule has 6 heteroatoms. The van der Waals surface area contributed by atoms with Gasteiger partial charge in [-0.1, -0.05) is 42.5 Å². The first-order chi connectivity index (χ1) is 11.1. The highest BCUT2D eigenvalue weighted by molar-refractivity contribution is 6.01. The third kappa shape index (κ3) is 4.89. The molecule has 0 unspecified atom stereocenters. The van der Waals surface area contributed by atoms with Crippen LogP contribution in [0, 0.1) is 10.1 Å². The second-order valence-electron chi connectivity index (χ2n) is 4.69. The molecular formula is C17H14N2O4. The second kappa shape index (κ2) is 7.65. The molecule has 0 saturated carbocycles. The Hall–Kier alpha value is -3.28. The summed E-state index contributed by atoms with van der Waals surface area (Å²) in [6.07, 6.45) is 2.69. The number of carbonyl (C=O) groups is 2. The molecule has 1 amide bonds. The highest BCUT2D eigenvalue weighted by atomic mass is 16.6. The van der Waals surface area contributed by atoms with Gasteiger partial charge in [0.15, 0.2) is 5.78 Å². The standard InChI is InChI=1S/C17H14N2O4/c20-16(14-6-2-1-3-7-14)12-18-17(21)10-9-13-5-4-8-15(11-13)19(22)23/h1-11H,12H2,(H,18,21)/b10-9-. The Kier molecular flexibility index (Phi) is 5.35. The number of Topliss-reactive ketones (excluding diaryl/α,β-unsaturated/α-hetero) is 1. The van der Waals surface area contributed by atoms with Gasteiger partial charge in [0.25, 0.3) is 5.69 Å². The van der Waals surface area contributed by atoms with E-state index in [2.05, 4.69) is 5.32 Å². The third-order valence-electron chi connectivity index (χ3n) is 3.03. The van der Waals surface area contributed by atoms with Crippen molar-refractivity contribution < 1.29 is 14.5 Å². The third-order valence-corrected chi connectivity index (χ3v) is 3.03. The van der Waals surface area contributed by atoms with Crippen molar-refractivity contribution in [1.82, 2.24) is 5.32 Å². The Balaban J connectivity index is 1.91. The Morgan fingerprint density at radius 2 is 1.83 bits per heavy atom. The smallest absolute Gasteiger partial charge is 0.270 e. The van der Waals surface area contributed by atoms with E-state index in [1.165, 1.54) is 30.4 Å². The molecule has 0 bridgehead atoms. The molecule has 0 aliphatic heterocycles. The summed E-state index contributed by atoms with van der Waals surface area (Å²) in [5.74, 6) is -0.636. The summed E-state index contributed by atoms with van der Waals surface area (Å²) in [5.41, 5.74) is 1.01. The molecular weight excluding hydrogens is 296 g/mol. The van der Waals surface area contributed by atoms with Crippen LogP contribution in [0.3, 0.4) is 0 Å². The lowest BCUT2D eigenvalue weighted by atomic mass is 10.1. The molecule has 2 rings (SSSR count). The molecule has 0 saturated heterocycles. The van der Waals surface area contributed by atoms with Gasteiger partial charge in [-0.15, -0.1) is 0 Å². The van der Waals surface area contributed by atoms with Crippen LogP contribution >= 0.6 is 0 Å². The number of ketones is 1. The monoisotopic (exact) mass is 310 g/mol. The zero-order valence-corrected chi connectivity index (χ0v) is 12.1. The first-order valence-electron chi connectivity index (χ1n) is 6.85. The average molecular weight is 310 g/mol. The van der Waals surface area contributed by atoms with Crippen molar-refractivity contribution in [2.75, 3.05) is 6.54 Å². The molecule has 0 aromatic heterocycles. The van der Waals surface area contributed by atoms with Gasteiger partial charge in [0, 0.05) is 23.8 Å². The van der Waals surface area contributed by atoms with E-state index in [1.54, 1.807) is 36.4 Å². The van der Waals surface area contributed by atoms with Gasteiger partial charge in [-0.05, 0) is 11.6 Å². The highest BCUT2D eigenvalue weighted by Gasteiger charge is 2.06. The summed E-state index contributed by atoms with van der Waals surface area (Å²) in [5, 5.41) is 13.1. The maximum atomic E-state index is 11.8. The zero-order valence-electron chi connectivity index (χ0n) is 12.1. The lowest BCUT2D eigenvalue weighted by molar-refractivity contribution is -0.384. The molecule has 116 valence electrons. The predicted molar refractivity (Wildman–Crippen MR) is 85.9 cm³/mol. The lowest BCUT2D eigenvalue weighted by Crippen LogP contribution is -2.27. The number of non-ortho nitro benzene ring substituents is 1.